The Hall–Kier alpha value is -3.73. The van der Waals surface area contributed by atoms with E-state index in [1.165, 1.54) is 24.2 Å². The van der Waals surface area contributed by atoms with Crippen LogP contribution >= 0.6 is 0 Å². The first-order chi connectivity index (χ1) is 15.2. The van der Waals surface area contributed by atoms with Gasteiger partial charge in [-0.3, -0.25) is 14.6 Å². The van der Waals surface area contributed by atoms with Crippen molar-refractivity contribution in [1.82, 2.24) is 4.98 Å². The highest BCUT2D eigenvalue weighted by Gasteiger charge is 2.35. The lowest BCUT2D eigenvalue weighted by atomic mass is 9.91. The van der Waals surface area contributed by atoms with Gasteiger partial charge in [0.1, 0.15) is 0 Å². The summed E-state index contributed by atoms with van der Waals surface area (Å²) in [4.78, 5) is 35.1. The van der Waals surface area contributed by atoms with Gasteiger partial charge in [-0.1, -0.05) is 24.3 Å². The maximum absolute atomic E-state index is 13.6. The standard InChI is InChI=1S/C26H21N3O2/c30-25-20-8-5-7-19-22(28-14-2-1-3-15-28)11-10-21(24(19)20)26(31)29(25)23-9-4-6-17-16-27-13-12-18(17)23/h4-13,16H,1-3,14-15H2. The van der Waals surface area contributed by atoms with E-state index in [0.29, 0.717) is 16.8 Å². The number of rotatable bonds is 2. The van der Waals surface area contributed by atoms with Crippen LogP contribution in [-0.2, 0) is 0 Å². The molecule has 1 aromatic heterocycles. The molecule has 0 bridgehead atoms. The minimum atomic E-state index is -0.275. The fourth-order valence-electron chi connectivity index (χ4n) is 5.01. The number of hydrogen-bond acceptors (Lipinski definition) is 4. The van der Waals surface area contributed by atoms with Gasteiger partial charge in [-0.2, -0.15) is 0 Å². The zero-order valence-electron chi connectivity index (χ0n) is 17.0. The number of aromatic nitrogens is 1. The van der Waals surface area contributed by atoms with Crippen LogP contribution in [0.1, 0.15) is 40.0 Å². The first-order valence-corrected chi connectivity index (χ1v) is 10.8. The third-order valence-electron chi connectivity index (χ3n) is 6.48. The van der Waals surface area contributed by atoms with Crippen molar-refractivity contribution in [3.63, 3.8) is 0 Å². The fourth-order valence-corrected chi connectivity index (χ4v) is 5.01. The number of carbonyl (C=O) groups is 2. The number of nitrogens with zero attached hydrogens (tertiary/aromatic N) is 3. The lowest BCUT2D eigenvalue weighted by molar-refractivity contribution is 0.0894. The predicted octanol–water partition coefficient (Wildman–Crippen LogP) is 5.18. The van der Waals surface area contributed by atoms with E-state index in [1.54, 1.807) is 12.4 Å². The van der Waals surface area contributed by atoms with E-state index in [4.69, 9.17) is 0 Å². The number of hydrogen-bond donors (Lipinski definition) is 0. The molecule has 6 rings (SSSR count). The van der Waals surface area contributed by atoms with Crippen molar-refractivity contribution >= 4 is 44.7 Å². The number of anilines is 2. The molecule has 0 unspecified atom stereocenters. The second-order valence-electron chi connectivity index (χ2n) is 8.23. The van der Waals surface area contributed by atoms with Crippen LogP contribution in [0.15, 0.2) is 67.0 Å². The number of fused-ring (bicyclic) bond motifs is 1. The summed E-state index contributed by atoms with van der Waals surface area (Å²) in [7, 11) is 0. The van der Waals surface area contributed by atoms with Gasteiger partial charge in [-0.05, 0) is 49.6 Å². The van der Waals surface area contributed by atoms with E-state index >= 15 is 0 Å². The third kappa shape index (κ3) is 2.66. The van der Waals surface area contributed by atoms with Gasteiger partial charge >= 0.3 is 0 Å². The molecule has 0 aliphatic carbocycles. The summed E-state index contributed by atoms with van der Waals surface area (Å²) in [5, 5.41) is 3.49. The summed E-state index contributed by atoms with van der Waals surface area (Å²) < 4.78 is 0. The molecule has 0 atom stereocenters. The number of carbonyl (C=O) groups excluding carboxylic acids is 2. The molecule has 3 heterocycles. The first-order valence-electron chi connectivity index (χ1n) is 10.8. The maximum Gasteiger partial charge on any atom is 0.266 e. The van der Waals surface area contributed by atoms with Crippen LogP contribution in [0.5, 0.6) is 0 Å². The van der Waals surface area contributed by atoms with Gasteiger partial charge < -0.3 is 4.90 Å². The molecule has 152 valence electrons. The monoisotopic (exact) mass is 407 g/mol. The molecule has 2 aliphatic heterocycles. The molecule has 31 heavy (non-hydrogen) atoms. The molecule has 2 aliphatic rings. The zero-order valence-corrected chi connectivity index (χ0v) is 17.0. The van der Waals surface area contributed by atoms with E-state index in [0.717, 1.165) is 40.3 Å². The minimum absolute atomic E-state index is 0.275. The molecule has 1 fully saturated rings. The van der Waals surface area contributed by atoms with Gasteiger partial charge in [-0.15, -0.1) is 0 Å². The molecule has 0 spiro atoms. The molecule has 5 heteroatoms. The second kappa shape index (κ2) is 6.91. The Morgan fingerprint density at radius 3 is 2.32 bits per heavy atom. The van der Waals surface area contributed by atoms with Crippen LogP contribution in [0.4, 0.5) is 11.4 Å². The van der Waals surface area contributed by atoms with Gasteiger partial charge in [0.25, 0.3) is 11.8 Å². The molecule has 0 N–H and O–H groups in total. The minimum Gasteiger partial charge on any atom is -0.371 e. The Bertz CT molecular complexity index is 1340. The van der Waals surface area contributed by atoms with Gasteiger partial charge in [0, 0.05) is 63.8 Å². The predicted molar refractivity (Wildman–Crippen MR) is 123 cm³/mol. The van der Waals surface area contributed by atoms with Crippen molar-refractivity contribution in [2.24, 2.45) is 0 Å². The number of amides is 2. The summed E-state index contributed by atoms with van der Waals surface area (Å²) in [5.41, 5.74) is 2.87. The second-order valence-corrected chi connectivity index (χ2v) is 8.23. The van der Waals surface area contributed by atoms with E-state index in [9.17, 15) is 9.59 Å². The van der Waals surface area contributed by atoms with Gasteiger partial charge in [0.05, 0.1) is 5.69 Å². The Morgan fingerprint density at radius 1 is 0.710 bits per heavy atom. The van der Waals surface area contributed by atoms with Gasteiger partial charge in [0.15, 0.2) is 0 Å². The van der Waals surface area contributed by atoms with Crippen molar-refractivity contribution in [2.45, 2.75) is 19.3 Å². The van der Waals surface area contributed by atoms with Crippen LogP contribution < -0.4 is 9.80 Å². The third-order valence-corrected chi connectivity index (χ3v) is 6.48. The number of benzene rings is 3. The number of pyridine rings is 1. The molecule has 0 saturated carbocycles. The quantitative estimate of drug-likeness (QED) is 0.430. The SMILES string of the molecule is O=C1c2cccc3c(N4CCCCC4)ccc(c23)C(=O)N1c1cccc2cnccc12. The molecule has 3 aromatic carbocycles. The highest BCUT2D eigenvalue weighted by molar-refractivity contribution is 6.37. The summed E-state index contributed by atoms with van der Waals surface area (Å²) in [6.07, 6.45) is 7.03. The molecule has 1 saturated heterocycles. The average Bonchev–Trinajstić information content (AvgIpc) is 2.83. The topological polar surface area (TPSA) is 53.5 Å². The van der Waals surface area contributed by atoms with E-state index in [2.05, 4.69) is 9.88 Å². The largest absolute Gasteiger partial charge is 0.371 e. The first kappa shape index (κ1) is 18.1. The maximum atomic E-state index is 13.6. The van der Waals surface area contributed by atoms with Gasteiger partial charge in [0.2, 0.25) is 0 Å². The molecular weight excluding hydrogens is 386 g/mol. The summed E-state index contributed by atoms with van der Waals surface area (Å²) in [6, 6.07) is 17.2. The molecule has 5 nitrogen and oxygen atoms in total. The van der Waals surface area contributed by atoms with Crippen LogP contribution in [0.25, 0.3) is 21.5 Å². The summed E-state index contributed by atoms with van der Waals surface area (Å²) in [6.45, 7) is 2.02. The molecular formula is C26H21N3O2. The van der Waals surface area contributed by atoms with Crippen molar-refractivity contribution in [3.05, 3.63) is 78.1 Å². The molecule has 4 aromatic rings. The van der Waals surface area contributed by atoms with E-state index < -0.39 is 0 Å². The lowest BCUT2D eigenvalue weighted by Crippen LogP contribution is -2.40. The zero-order chi connectivity index (χ0) is 20.9. The lowest BCUT2D eigenvalue weighted by Gasteiger charge is -2.32. The highest BCUT2D eigenvalue weighted by atomic mass is 16.2. The number of piperidine rings is 1. The van der Waals surface area contributed by atoms with Crippen LogP contribution in [0.3, 0.4) is 0 Å². The van der Waals surface area contributed by atoms with Crippen molar-refractivity contribution in [2.75, 3.05) is 22.9 Å². The molecule has 2 amide bonds. The van der Waals surface area contributed by atoms with Crippen LogP contribution in [-0.4, -0.2) is 29.9 Å². The summed E-state index contributed by atoms with van der Waals surface area (Å²) in [5.74, 6) is -0.550. The smallest absolute Gasteiger partial charge is 0.266 e. The fraction of sp³-hybridized carbons (Fsp3) is 0.192. The Balaban J connectivity index is 1.55. The Labute approximate surface area is 179 Å². The van der Waals surface area contributed by atoms with Crippen LogP contribution in [0, 0.1) is 0 Å². The van der Waals surface area contributed by atoms with Crippen LogP contribution in [0.2, 0.25) is 0 Å². The van der Waals surface area contributed by atoms with E-state index in [-0.39, 0.29) is 11.8 Å². The molecule has 0 radical (unpaired) electrons. The summed E-state index contributed by atoms with van der Waals surface area (Å²) >= 11 is 0. The average molecular weight is 407 g/mol. The van der Waals surface area contributed by atoms with E-state index in [1.807, 2.05) is 54.6 Å². The van der Waals surface area contributed by atoms with Crippen molar-refractivity contribution in [1.29, 1.82) is 0 Å². The van der Waals surface area contributed by atoms with Crippen molar-refractivity contribution in [3.8, 4) is 0 Å². The number of imide groups is 1. The Morgan fingerprint density at radius 2 is 1.48 bits per heavy atom. The van der Waals surface area contributed by atoms with Gasteiger partial charge in [-0.25, -0.2) is 4.90 Å². The normalized spacial score (nSPS) is 16.4. The highest BCUT2D eigenvalue weighted by Crippen LogP contribution is 2.39. The van der Waals surface area contributed by atoms with Crippen molar-refractivity contribution < 1.29 is 9.59 Å². The Kier molecular flexibility index (Phi) is 4.03.